The fourth-order valence-corrected chi connectivity index (χ4v) is 5.09. The number of halogens is 1. The first-order valence-electron chi connectivity index (χ1n) is 11.0. The van der Waals surface area contributed by atoms with E-state index in [9.17, 15) is 9.59 Å². The van der Waals surface area contributed by atoms with Gasteiger partial charge in [-0.05, 0) is 67.8 Å². The normalized spacial score (nSPS) is 14.5. The molecule has 1 fully saturated rings. The minimum Gasteiger partial charge on any atom is -0.490 e. The standard InChI is InChI=1S/C25H27BrN2O5S2/c1-4-32-21-13-17(14-22-24(30)28(25(34)35-22)10-5-11-31-3)6-9-20(21)33-15-23(29)27-19-8-7-18(26)12-16(19)2/h6-9,12-14H,4-5,10-11,15H2,1-3H3,(H,27,29)/b22-14-. The third-order valence-electron chi connectivity index (χ3n) is 4.99. The predicted octanol–water partition coefficient (Wildman–Crippen LogP) is 5.41. The number of carbonyl (C=O) groups is 2. The molecule has 35 heavy (non-hydrogen) atoms. The van der Waals surface area contributed by atoms with E-state index in [-0.39, 0.29) is 18.4 Å². The molecule has 0 radical (unpaired) electrons. The van der Waals surface area contributed by atoms with Gasteiger partial charge in [0, 0.05) is 30.4 Å². The van der Waals surface area contributed by atoms with Crippen molar-refractivity contribution in [2.24, 2.45) is 0 Å². The SMILES string of the molecule is CCOc1cc(/C=C2\SC(=S)N(CCCOC)C2=O)ccc1OCC(=O)Nc1ccc(Br)cc1C. The lowest BCUT2D eigenvalue weighted by Crippen LogP contribution is -2.29. The predicted molar refractivity (Wildman–Crippen MR) is 147 cm³/mol. The smallest absolute Gasteiger partial charge is 0.266 e. The Morgan fingerprint density at radius 2 is 2.00 bits per heavy atom. The first-order chi connectivity index (χ1) is 16.8. The van der Waals surface area contributed by atoms with Crippen LogP contribution in [0.5, 0.6) is 11.5 Å². The Labute approximate surface area is 223 Å². The molecule has 1 saturated heterocycles. The molecule has 2 aromatic rings. The first kappa shape index (κ1) is 27.2. The van der Waals surface area contributed by atoms with Crippen molar-refractivity contribution in [2.75, 3.05) is 38.8 Å². The highest BCUT2D eigenvalue weighted by Crippen LogP contribution is 2.35. The Balaban J connectivity index is 1.67. The number of amides is 2. The van der Waals surface area contributed by atoms with Gasteiger partial charge < -0.3 is 19.5 Å². The highest BCUT2D eigenvalue weighted by atomic mass is 79.9. The van der Waals surface area contributed by atoms with Crippen molar-refractivity contribution in [3.8, 4) is 11.5 Å². The minimum absolute atomic E-state index is 0.116. The number of benzene rings is 2. The van der Waals surface area contributed by atoms with Gasteiger partial charge in [-0.15, -0.1) is 0 Å². The van der Waals surface area contributed by atoms with Crippen molar-refractivity contribution in [1.82, 2.24) is 4.90 Å². The van der Waals surface area contributed by atoms with Crippen LogP contribution >= 0.6 is 39.9 Å². The van der Waals surface area contributed by atoms with Crippen molar-refractivity contribution < 1.29 is 23.8 Å². The minimum atomic E-state index is -0.279. The van der Waals surface area contributed by atoms with Gasteiger partial charge in [0.15, 0.2) is 18.1 Å². The van der Waals surface area contributed by atoms with E-state index in [2.05, 4.69) is 21.2 Å². The van der Waals surface area contributed by atoms with Crippen LogP contribution in [0.25, 0.3) is 6.08 Å². The van der Waals surface area contributed by atoms with Crippen LogP contribution in [0, 0.1) is 6.92 Å². The van der Waals surface area contributed by atoms with E-state index >= 15 is 0 Å². The van der Waals surface area contributed by atoms with Crippen LogP contribution in [0.4, 0.5) is 5.69 Å². The molecule has 7 nitrogen and oxygen atoms in total. The molecule has 2 aromatic carbocycles. The zero-order valence-electron chi connectivity index (χ0n) is 19.8. The van der Waals surface area contributed by atoms with Gasteiger partial charge in [-0.25, -0.2) is 0 Å². The summed E-state index contributed by atoms with van der Waals surface area (Å²) in [6.07, 6.45) is 2.50. The number of rotatable bonds is 11. The number of ether oxygens (including phenoxy) is 3. The van der Waals surface area contributed by atoms with Crippen molar-refractivity contribution in [1.29, 1.82) is 0 Å². The van der Waals surface area contributed by atoms with Gasteiger partial charge >= 0.3 is 0 Å². The number of methoxy groups -OCH3 is 1. The van der Waals surface area contributed by atoms with Crippen LogP contribution in [0.1, 0.15) is 24.5 Å². The molecule has 0 atom stereocenters. The molecular weight excluding hydrogens is 552 g/mol. The van der Waals surface area contributed by atoms with Crippen LogP contribution in [0.3, 0.4) is 0 Å². The molecule has 0 spiro atoms. The number of hydrogen-bond donors (Lipinski definition) is 1. The topological polar surface area (TPSA) is 77.1 Å². The molecule has 1 aliphatic rings. The van der Waals surface area contributed by atoms with Crippen LogP contribution in [0.2, 0.25) is 0 Å². The molecule has 0 aromatic heterocycles. The van der Waals surface area contributed by atoms with E-state index in [4.69, 9.17) is 26.4 Å². The van der Waals surface area contributed by atoms with E-state index in [1.165, 1.54) is 11.8 Å². The summed E-state index contributed by atoms with van der Waals surface area (Å²) >= 11 is 10.1. The fourth-order valence-electron chi connectivity index (χ4n) is 3.31. The summed E-state index contributed by atoms with van der Waals surface area (Å²) in [5.41, 5.74) is 2.44. The van der Waals surface area contributed by atoms with Gasteiger partial charge in [0.25, 0.3) is 11.8 Å². The number of aryl methyl sites for hydroxylation is 1. The summed E-state index contributed by atoms with van der Waals surface area (Å²) in [7, 11) is 1.63. The molecule has 0 aliphatic carbocycles. The van der Waals surface area contributed by atoms with E-state index in [0.29, 0.717) is 46.9 Å². The summed E-state index contributed by atoms with van der Waals surface area (Å²) in [6, 6.07) is 10.9. The lowest BCUT2D eigenvalue weighted by molar-refractivity contribution is -0.122. The van der Waals surface area contributed by atoms with Gasteiger partial charge in [-0.2, -0.15) is 0 Å². The highest BCUT2D eigenvalue weighted by Gasteiger charge is 2.31. The van der Waals surface area contributed by atoms with Crippen LogP contribution in [0.15, 0.2) is 45.8 Å². The van der Waals surface area contributed by atoms with Gasteiger partial charge in [-0.1, -0.05) is 46.0 Å². The Kier molecular flexibility index (Phi) is 10.1. The quantitative estimate of drug-likeness (QED) is 0.217. The van der Waals surface area contributed by atoms with Crippen molar-refractivity contribution in [2.45, 2.75) is 20.3 Å². The first-order valence-corrected chi connectivity index (χ1v) is 13.0. The Morgan fingerprint density at radius 3 is 2.71 bits per heavy atom. The Hall–Kier alpha value is -2.40. The maximum absolute atomic E-state index is 12.8. The number of thiocarbonyl (C=S) groups is 1. The molecule has 10 heteroatoms. The summed E-state index contributed by atoms with van der Waals surface area (Å²) in [5, 5.41) is 2.85. The average Bonchev–Trinajstić information content (AvgIpc) is 3.08. The molecule has 3 rings (SSSR count). The average molecular weight is 580 g/mol. The molecule has 0 saturated carbocycles. The molecule has 1 heterocycles. The summed E-state index contributed by atoms with van der Waals surface area (Å²) in [5.74, 6) is 0.539. The van der Waals surface area contributed by atoms with Gasteiger partial charge in [0.05, 0.1) is 11.5 Å². The Bertz CT molecular complexity index is 1140. The maximum atomic E-state index is 12.8. The lowest BCUT2D eigenvalue weighted by Gasteiger charge is -2.14. The number of carbonyl (C=O) groups excluding carboxylic acids is 2. The van der Waals surface area contributed by atoms with Gasteiger partial charge in [-0.3, -0.25) is 14.5 Å². The van der Waals surface area contributed by atoms with Gasteiger partial charge in [0.2, 0.25) is 0 Å². The zero-order chi connectivity index (χ0) is 25.4. The third kappa shape index (κ3) is 7.54. The van der Waals surface area contributed by atoms with Crippen LogP contribution < -0.4 is 14.8 Å². The molecule has 0 unspecified atom stereocenters. The van der Waals surface area contributed by atoms with E-state index in [0.717, 1.165) is 21.3 Å². The lowest BCUT2D eigenvalue weighted by atomic mass is 10.2. The Morgan fingerprint density at radius 1 is 1.20 bits per heavy atom. The fraction of sp³-hybridized carbons (Fsp3) is 0.320. The molecule has 1 N–H and O–H groups in total. The van der Waals surface area contributed by atoms with Crippen LogP contribution in [-0.4, -0.2) is 54.5 Å². The third-order valence-corrected chi connectivity index (χ3v) is 6.86. The summed E-state index contributed by atoms with van der Waals surface area (Å²) < 4.78 is 18.0. The maximum Gasteiger partial charge on any atom is 0.266 e. The second-order valence-electron chi connectivity index (χ2n) is 7.61. The van der Waals surface area contributed by atoms with Crippen molar-refractivity contribution >= 4 is 67.8 Å². The number of anilines is 1. The number of hydrogen-bond acceptors (Lipinski definition) is 7. The zero-order valence-corrected chi connectivity index (χ0v) is 23.0. The van der Waals surface area contributed by atoms with Crippen molar-refractivity contribution in [3.05, 3.63) is 56.9 Å². The van der Waals surface area contributed by atoms with E-state index in [1.54, 1.807) is 30.2 Å². The molecule has 1 aliphatic heterocycles. The van der Waals surface area contributed by atoms with Crippen molar-refractivity contribution in [3.63, 3.8) is 0 Å². The second kappa shape index (κ2) is 13.1. The number of nitrogens with one attached hydrogen (secondary N) is 1. The molecular formula is C25H27BrN2O5S2. The van der Waals surface area contributed by atoms with Gasteiger partial charge in [0.1, 0.15) is 4.32 Å². The number of nitrogens with zero attached hydrogens (tertiary/aromatic N) is 1. The summed E-state index contributed by atoms with van der Waals surface area (Å²) in [6.45, 7) is 5.12. The second-order valence-corrected chi connectivity index (χ2v) is 10.2. The highest BCUT2D eigenvalue weighted by molar-refractivity contribution is 9.10. The molecule has 186 valence electrons. The molecule has 2 amide bonds. The summed E-state index contributed by atoms with van der Waals surface area (Å²) in [4.78, 5) is 27.3. The van der Waals surface area contributed by atoms with Crippen LogP contribution in [-0.2, 0) is 14.3 Å². The molecule has 0 bridgehead atoms. The monoisotopic (exact) mass is 578 g/mol. The van der Waals surface area contributed by atoms with E-state index < -0.39 is 0 Å². The number of thioether (sulfide) groups is 1. The largest absolute Gasteiger partial charge is 0.490 e. The van der Waals surface area contributed by atoms with E-state index in [1.807, 2.05) is 38.1 Å².